The Bertz CT molecular complexity index is 1400. The monoisotopic (exact) mass is 521 g/mol. The molecule has 2 aliphatic rings. The Balaban J connectivity index is 1.59. The van der Waals surface area contributed by atoms with E-state index in [0.29, 0.717) is 24.4 Å². The number of hydrogen-bond donors (Lipinski definition) is 2. The predicted molar refractivity (Wildman–Crippen MR) is 144 cm³/mol. The summed E-state index contributed by atoms with van der Waals surface area (Å²) in [7, 11) is -2.24. The van der Waals surface area contributed by atoms with Crippen molar-refractivity contribution >= 4 is 26.9 Å². The smallest absolute Gasteiger partial charge is 0.241 e. The summed E-state index contributed by atoms with van der Waals surface area (Å²) >= 11 is 0. The summed E-state index contributed by atoms with van der Waals surface area (Å²) < 4.78 is 41.6. The summed E-state index contributed by atoms with van der Waals surface area (Å²) in [5, 5.41) is 18.9. The van der Waals surface area contributed by atoms with E-state index in [0.717, 1.165) is 22.3 Å². The first-order valence-corrected chi connectivity index (χ1v) is 13.8. The maximum atomic E-state index is 14.3. The van der Waals surface area contributed by atoms with Crippen molar-refractivity contribution < 1.29 is 28.1 Å². The number of ether oxygens (including phenoxy) is 2. The number of sulfonamides is 1. The lowest BCUT2D eigenvalue weighted by Gasteiger charge is -2.32. The van der Waals surface area contributed by atoms with Gasteiger partial charge in [-0.2, -0.15) is 0 Å². The van der Waals surface area contributed by atoms with Crippen LogP contribution in [0.5, 0.6) is 17.2 Å². The van der Waals surface area contributed by atoms with Gasteiger partial charge < -0.3 is 19.7 Å². The van der Waals surface area contributed by atoms with Crippen molar-refractivity contribution in [3.8, 4) is 17.2 Å². The molecule has 1 saturated heterocycles. The third-order valence-corrected chi connectivity index (χ3v) is 9.11. The number of fused-ring (bicyclic) bond motifs is 2. The first kappa shape index (κ1) is 25.2. The van der Waals surface area contributed by atoms with Gasteiger partial charge in [-0.1, -0.05) is 38.1 Å². The maximum Gasteiger partial charge on any atom is 0.241 e. The number of benzene rings is 3. The molecule has 2 bridgehead atoms. The number of nitrogens with zero attached hydrogens (tertiary/aromatic N) is 1. The molecule has 7 nitrogen and oxygen atoms in total. The second-order valence-electron chi connectivity index (χ2n) is 9.91. The average Bonchev–Trinajstić information content (AvgIpc) is 3.48. The average molecular weight is 522 g/mol. The highest BCUT2D eigenvalue weighted by molar-refractivity contribution is 7.93. The van der Waals surface area contributed by atoms with E-state index < -0.39 is 27.5 Å². The van der Waals surface area contributed by atoms with Crippen LogP contribution in [0.2, 0.25) is 0 Å². The van der Waals surface area contributed by atoms with Crippen molar-refractivity contribution in [1.29, 1.82) is 0 Å². The van der Waals surface area contributed by atoms with Gasteiger partial charge >= 0.3 is 0 Å². The number of hydrogen-bond acceptors (Lipinski definition) is 6. The summed E-state index contributed by atoms with van der Waals surface area (Å²) in [4.78, 5) is 0. The highest BCUT2D eigenvalue weighted by atomic mass is 32.2. The lowest BCUT2D eigenvalue weighted by Crippen LogP contribution is -2.45. The van der Waals surface area contributed by atoms with E-state index in [1.165, 1.54) is 4.31 Å². The Labute approximate surface area is 217 Å². The van der Waals surface area contributed by atoms with E-state index >= 15 is 0 Å². The van der Waals surface area contributed by atoms with E-state index in [9.17, 15) is 18.6 Å². The zero-order chi connectivity index (χ0) is 26.3. The van der Waals surface area contributed by atoms with Crippen LogP contribution >= 0.6 is 0 Å². The normalized spacial score (nSPS) is 21.0. The molecule has 1 fully saturated rings. The predicted octanol–water partition coefficient (Wildman–Crippen LogP) is 5.05. The SMILES string of the molecule is COc1ccc(N(CC(C)C)S(=O)(=O)C2CC3OC2C(c2ccc(O)cc2)=C3c2ccc(O)cc2)cc1. The van der Waals surface area contributed by atoms with E-state index in [1.54, 1.807) is 67.8 Å². The van der Waals surface area contributed by atoms with Gasteiger partial charge in [0, 0.05) is 6.54 Å². The van der Waals surface area contributed by atoms with Crippen molar-refractivity contribution in [2.75, 3.05) is 18.0 Å². The first-order chi connectivity index (χ1) is 17.7. The van der Waals surface area contributed by atoms with E-state index in [4.69, 9.17) is 9.47 Å². The Morgan fingerprint density at radius 2 is 1.43 bits per heavy atom. The number of phenols is 2. The molecule has 8 heteroatoms. The molecule has 2 heterocycles. The van der Waals surface area contributed by atoms with E-state index in [-0.39, 0.29) is 17.4 Å². The van der Waals surface area contributed by atoms with Crippen LogP contribution in [0.1, 0.15) is 31.4 Å². The van der Waals surface area contributed by atoms with Crippen LogP contribution < -0.4 is 9.04 Å². The van der Waals surface area contributed by atoms with Crippen molar-refractivity contribution in [2.24, 2.45) is 5.92 Å². The van der Waals surface area contributed by atoms with E-state index in [1.807, 2.05) is 26.0 Å². The molecule has 3 unspecified atom stereocenters. The number of methoxy groups -OCH3 is 1. The largest absolute Gasteiger partial charge is 0.508 e. The Kier molecular flexibility index (Phi) is 6.64. The van der Waals surface area contributed by atoms with Crippen LogP contribution in [0.15, 0.2) is 72.8 Å². The van der Waals surface area contributed by atoms with Gasteiger partial charge in [-0.3, -0.25) is 4.31 Å². The standard InChI is InChI=1S/C29H31NO6S/c1-18(2)17-30(21-8-14-24(35-3)15-9-21)37(33,34)26-16-25-27(19-4-10-22(31)11-5-19)28(29(26)36-25)20-6-12-23(32)13-7-20/h4-15,18,25-26,29,31-32H,16-17H2,1-3H3. The van der Waals surface area contributed by atoms with Crippen molar-refractivity contribution in [3.63, 3.8) is 0 Å². The minimum absolute atomic E-state index is 0.107. The number of phenolic OH excluding ortho intramolecular Hbond substituents is 2. The van der Waals surface area contributed by atoms with Crippen LogP contribution in [0.4, 0.5) is 5.69 Å². The van der Waals surface area contributed by atoms with Gasteiger partial charge in [0.05, 0.1) is 18.9 Å². The van der Waals surface area contributed by atoms with Gasteiger partial charge in [-0.15, -0.1) is 0 Å². The zero-order valence-electron chi connectivity index (χ0n) is 21.0. The van der Waals surface area contributed by atoms with Gasteiger partial charge in [-0.25, -0.2) is 8.42 Å². The fourth-order valence-corrected chi connectivity index (χ4v) is 7.42. The summed E-state index contributed by atoms with van der Waals surface area (Å²) in [5.41, 5.74) is 3.98. The molecule has 2 aliphatic heterocycles. The molecular weight excluding hydrogens is 490 g/mol. The molecule has 0 aliphatic carbocycles. The molecule has 2 N–H and O–H groups in total. The van der Waals surface area contributed by atoms with Gasteiger partial charge in [0.15, 0.2) is 0 Å². The minimum atomic E-state index is -3.82. The molecule has 3 aromatic rings. The van der Waals surface area contributed by atoms with Crippen LogP contribution in [-0.4, -0.2) is 49.7 Å². The minimum Gasteiger partial charge on any atom is -0.508 e. The van der Waals surface area contributed by atoms with Crippen molar-refractivity contribution in [1.82, 2.24) is 0 Å². The fraction of sp³-hybridized carbons (Fsp3) is 0.310. The lowest BCUT2D eigenvalue weighted by molar-refractivity contribution is 0.128. The summed E-state index contributed by atoms with van der Waals surface area (Å²) in [6.07, 6.45) is -0.749. The lowest BCUT2D eigenvalue weighted by atomic mass is 9.83. The molecule has 0 aromatic heterocycles. The maximum absolute atomic E-state index is 14.3. The second kappa shape index (κ2) is 9.76. The Hall–Kier alpha value is -3.49. The highest BCUT2D eigenvalue weighted by Gasteiger charge is 2.54. The number of aromatic hydroxyl groups is 2. The summed E-state index contributed by atoms with van der Waals surface area (Å²) in [6.45, 7) is 4.33. The van der Waals surface area contributed by atoms with Crippen LogP contribution in [-0.2, 0) is 14.8 Å². The second-order valence-corrected chi connectivity index (χ2v) is 12.0. The summed E-state index contributed by atoms with van der Waals surface area (Å²) in [5.74, 6) is 1.05. The van der Waals surface area contributed by atoms with Gasteiger partial charge in [0.1, 0.15) is 28.6 Å². The molecule has 5 rings (SSSR count). The van der Waals surface area contributed by atoms with E-state index in [2.05, 4.69) is 0 Å². The van der Waals surface area contributed by atoms with Gasteiger partial charge in [0.2, 0.25) is 10.0 Å². The Morgan fingerprint density at radius 3 is 1.95 bits per heavy atom. The molecule has 37 heavy (non-hydrogen) atoms. The summed E-state index contributed by atoms with van der Waals surface area (Å²) in [6, 6.07) is 20.7. The third-order valence-electron chi connectivity index (χ3n) is 6.93. The molecule has 0 amide bonds. The van der Waals surface area contributed by atoms with Crippen molar-refractivity contribution in [2.45, 2.75) is 37.7 Å². The fourth-order valence-electron chi connectivity index (χ4n) is 5.24. The topological polar surface area (TPSA) is 96.3 Å². The zero-order valence-corrected chi connectivity index (χ0v) is 21.9. The molecule has 0 saturated carbocycles. The van der Waals surface area contributed by atoms with Crippen LogP contribution in [0.25, 0.3) is 11.1 Å². The molecule has 0 spiro atoms. The molecule has 0 radical (unpaired) electrons. The quantitative estimate of drug-likeness (QED) is 0.431. The molecular formula is C29H31NO6S. The van der Waals surface area contributed by atoms with Gasteiger partial charge in [0.25, 0.3) is 0 Å². The highest BCUT2D eigenvalue weighted by Crippen LogP contribution is 2.51. The van der Waals surface area contributed by atoms with Crippen LogP contribution in [0.3, 0.4) is 0 Å². The Morgan fingerprint density at radius 1 is 0.892 bits per heavy atom. The third kappa shape index (κ3) is 4.67. The van der Waals surface area contributed by atoms with Gasteiger partial charge in [-0.05, 0) is 83.1 Å². The number of anilines is 1. The molecule has 3 atom stereocenters. The number of rotatable bonds is 8. The molecule has 194 valence electrons. The van der Waals surface area contributed by atoms with Crippen molar-refractivity contribution in [3.05, 3.63) is 83.9 Å². The first-order valence-electron chi connectivity index (χ1n) is 12.3. The molecule has 3 aromatic carbocycles. The van der Waals surface area contributed by atoms with Crippen LogP contribution in [0, 0.1) is 5.92 Å².